The van der Waals surface area contributed by atoms with Gasteiger partial charge in [-0.2, -0.15) is 0 Å². The number of esters is 1. The summed E-state index contributed by atoms with van der Waals surface area (Å²) in [6, 6.07) is 4.11. The molecule has 5 nitrogen and oxygen atoms in total. The average Bonchev–Trinajstić information content (AvgIpc) is 2.88. The molecule has 3 N–H and O–H groups in total. The van der Waals surface area contributed by atoms with Crippen molar-refractivity contribution < 1.29 is 9.53 Å². The summed E-state index contributed by atoms with van der Waals surface area (Å²) < 4.78 is 4.61. The van der Waals surface area contributed by atoms with Crippen LogP contribution in [0.3, 0.4) is 0 Å². The minimum absolute atomic E-state index is 0. The third kappa shape index (κ3) is 7.36. The van der Waals surface area contributed by atoms with Crippen molar-refractivity contribution in [3.8, 4) is 0 Å². The lowest BCUT2D eigenvalue weighted by atomic mass is 10.2. The maximum Gasteiger partial charge on any atom is 0.310 e. The number of nitrogens with one attached hydrogen (secondary N) is 1. The topological polar surface area (TPSA) is 76.7 Å². The highest BCUT2D eigenvalue weighted by Gasteiger charge is 2.11. The van der Waals surface area contributed by atoms with Gasteiger partial charge in [0.25, 0.3) is 0 Å². The predicted octanol–water partition coefficient (Wildman–Crippen LogP) is 1.62. The standard InChI is InChI=1S/C12H19N3O2S.HI/c1-9(11(16)17-2)8-15-12(13)14-6-5-10-4-3-7-18-10;/h3-4,7,9H,5-6,8H2,1-2H3,(H3,13,14,15);1H. The maximum absolute atomic E-state index is 11.1. The Hall–Kier alpha value is -0.830. The highest BCUT2D eigenvalue weighted by molar-refractivity contribution is 14.0. The van der Waals surface area contributed by atoms with Crippen LogP contribution >= 0.6 is 35.3 Å². The molecular weight excluding hydrogens is 377 g/mol. The zero-order chi connectivity index (χ0) is 13.4. The van der Waals surface area contributed by atoms with Gasteiger partial charge in [0.1, 0.15) is 0 Å². The van der Waals surface area contributed by atoms with E-state index in [9.17, 15) is 4.79 Å². The van der Waals surface area contributed by atoms with Gasteiger partial charge in [-0.3, -0.25) is 9.79 Å². The van der Waals surface area contributed by atoms with Crippen molar-refractivity contribution in [1.82, 2.24) is 5.32 Å². The van der Waals surface area contributed by atoms with E-state index in [0.29, 0.717) is 12.5 Å². The predicted molar refractivity (Wildman–Crippen MR) is 89.1 cm³/mol. The summed E-state index contributed by atoms with van der Waals surface area (Å²) in [4.78, 5) is 16.5. The summed E-state index contributed by atoms with van der Waals surface area (Å²) in [6.07, 6.45) is 0.917. The normalized spacial score (nSPS) is 12.4. The second kappa shape index (κ2) is 10.0. The van der Waals surface area contributed by atoms with E-state index >= 15 is 0 Å². The Balaban J connectivity index is 0.00000324. The number of carbonyl (C=O) groups is 1. The van der Waals surface area contributed by atoms with Crippen LogP contribution in [0, 0.1) is 5.92 Å². The van der Waals surface area contributed by atoms with Crippen LogP contribution in [0.2, 0.25) is 0 Å². The largest absolute Gasteiger partial charge is 0.469 e. The summed E-state index contributed by atoms with van der Waals surface area (Å²) in [6.45, 7) is 2.83. The lowest BCUT2D eigenvalue weighted by Gasteiger charge is -2.07. The summed E-state index contributed by atoms with van der Waals surface area (Å²) in [5, 5.41) is 5.06. The van der Waals surface area contributed by atoms with Gasteiger partial charge >= 0.3 is 5.97 Å². The Kier molecular flexibility index (Phi) is 9.58. The molecule has 1 atom stereocenters. The van der Waals surface area contributed by atoms with Crippen LogP contribution in [-0.4, -0.2) is 32.1 Å². The van der Waals surface area contributed by atoms with E-state index in [2.05, 4.69) is 21.1 Å². The molecule has 0 aliphatic rings. The number of halogens is 1. The number of hydrogen-bond donors (Lipinski definition) is 2. The molecule has 0 bridgehead atoms. The van der Waals surface area contributed by atoms with Crippen LogP contribution in [0.4, 0.5) is 0 Å². The Bertz CT molecular complexity index is 396. The number of methoxy groups -OCH3 is 1. The minimum atomic E-state index is -0.273. The first-order valence-corrected chi connectivity index (χ1v) is 6.65. The fourth-order valence-corrected chi connectivity index (χ4v) is 2.04. The van der Waals surface area contributed by atoms with Gasteiger partial charge < -0.3 is 15.8 Å². The van der Waals surface area contributed by atoms with Crippen LogP contribution in [0.1, 0.15) is 11.8 Å². The molecule has 0 aliphatic carbocycles. The van der Waals surface area contributed by atoms with Gasteiger partial charge in [0.15, 0.2) is 5.96 Å². The summed E-state index contributed by atoms with van der Waals surface area (Å²) >= 11 is 1.72. The van der Waals surface area contributed by atoms with Crippen LogP contribution in [0.15, 0.2) is 22.5 Å². The quantitative estimate of drug-likeness (QED) is 0.331. The van der Waals surface area contributed by atoms with E-state index in [0.717, 1.165) is 13.0 Å². The fraction of sp³-hybridized carbons (Fsp3) is 0.500. The molecule has 108 valence electrons. The molecule has 1 aromatic rings. The monoisotopic (exact) mass is 397 g/mol. The fourth-order valence-electron chi connectivity index (χ4n) is 1.34. The van der Waals surface area contributed by atoms with Crippen LogP contribution in [0.5, 0.6) is 0 Å². The van der Waals surface area contributed by atoms with Crippen LogP contribution < -0.4 is 11.1 Å². The number of guanidine groups is 1. The molecule has 0 saturated carbocycles. The molecule has 1 heterocycles. The maximum atomic E-state index is 11.1. The molecule has 0 fully saturated rings. The lowest BCUT2D eigenvalue weighted by Crippen LogP contribution is -2.34. The Morgan fingerprint density at radius 2 is 2.37 bits per heavy atom. The van der Waals surface area contributed by atoms with Crippen molar-refractivity contribution in [3.63, 3.8) is 0 Å². The molecule has 0 aliphatic heterocycles. The number of nitrogens with two attached hydrogens (primary N) is 1. The number of hydrogen-bond acceptors (Lipinski definition) is 4. The summed E-state index contributed by atoms with van der Waals surface area (Å²) in [5.74, 6) is -0.180. The van der Waals surface area contributed by atoms with Gasteiger partial charge in [-0.05, 0) is 17.9 Å². The molecule has 1 aromatic heterocycles. The first kappa shape index (κ1) is 18.2. The van der Waals surface area contributed by atoms with Crippen molar-refractivity contribution in [3.05, 3.63) is 22.4 Å². The first-order valence-electron chi connectivity index (χ1n) is 5.77. The SMILES string of the molecule is COC(=O)C(C)CN=C(N)NCCc1cccs1.I. The average molecular weight is 397 g/mol. The smallest absolute Gasteiger partial charge is 0.310 e. The van der Waals surface area contributed by atoms with E-state index in [4.69, 9.17) is 5.73 Å². The number of nitrogens with zero attached hydrogens (tertiary/aromatic N) is 1. The van der Waals surface area contributed by atoms with E-state index in [1.165, 1.54) is 12.0 Å². The zero-order valence-electron chi connectivity index (χ0n) is 11.1. The van der Waals surface area contributed by atoms with E-state index < -0.39 is 0 Å². The highest BCUT2D eigenvalue weighted by Crippen LogP contribution is 2.07. The van der Waals surface area contributed by atoms with Crippen molar-refractivity contribution in [1.29, 1.82) is 0 Å². The number of rotatable bonds is 6. The minimum Gasteiger partial charge on any atom is -0.469 e. The van der Waals surface area contributed by atoms with Gasteiger partial charge in [-0.1, -0.05) is 13.0 Å². The molecule has 0 aromatic carbocycles. The van der Waals surface area contributed by atoms with Gasteiger partial charge in [-0.25, -0.2) is 0 Å². The summed E-state index contributed by atoms with van der Waals surface area (Å²) in [5.41, 5.74) is 5.69. The Labute approximate surface area is 134 Å². The van der Waals surface area contributed by atoms with Gasteiger partial charge in [0.2, 0.25) is 0 Å². The van der Waals surface area contributed by atoms with Gasteiger partial charge in [-0.15, -0.1) is 35.3 Å². The van der Waals surface area contributed by atoms with Crippen molar-refractivity contribution in [2.45, 2.75) is 13.3 Å². The van der Waals surface area contributed by atoms with E-state index in [-0.39, 0.29) is 35.9 Å². The molecule has 0 radical (unpaired) electrons. The molecule has 1 rings (SSSR count). The molecule has 0 amide bonds. The van der Waals surface area contributed by atoms with Crippen LogP contribution in [-0.2, 0) is 16.0 Å². The number of thiophene rings is 1. The highest BCUT2D eigenvalue weighted by atomic mass is 127. The van der Waals surface area contributed by atoms with Crippen molar-refractivity contribution in [2.75, 3.05) is 20.2 Å². The third-order valence-electron chi connectivity index (χ3n) is 2.40. The number of carbonyl (C=O) groups excluding carboxylic acids is 1. The Morgan fingerprint density at radius 3 is 2.95 bits per heavy atom. The number of aliphatic imine (C=N–C) groups is 1. The van der Waals surface area contributed by atoms with Gasteiger partial charge in [0, 0.05) is 11.4 Å². The first-order chi connectivity index (χ1) is 8.63. The molecule has 1 unspecified atom stereocenters. The molecule has 19 heavy (non-hydrogen) atoms. The van der Waals surface area contributed by atoms with Crippen LogP contribution in [0.25, 0.3) is 0 Å². The lowest BCUT2D eigenvalue weighted by molar-refractivity contribution is -0.144. The van der Waals surface area contributed by atoms with E-state index in [1.807, 2.05) is 11.4 Å². The summed E-state index contributed by atoms with van der Waals surface area (Å²) in [7, 11) is 1.37. The third-order valence-corrected chi connectivity index (χ3v) is 3.33. The van der Waals surface area contributed by atoms with E-state index in [1.54, 1.807) is 18.3 Å². The second-order valence-electron chi connectivity index (χ2n) is 3.91. The molecule has 0 spiro atoms. The molecule has 0 saturated heterocycles. The molecular formula is C12H20IN3O2S. The Morgan fingerprint density at radius 1 is 1.63 bits per heavy atom. The second-order valence-corrected chi connectivity index (χ2v) is 4.94. The van der Waals surface area contributed by atoms with Gasteiger partial charge in [0.05, 0.1) is 19.6 Å². The molecule has 7 heteroatoms. The van der Waals surface area contributed by atoms with Crippen molar-refractivity contribution >= 4 is 47.2 Å². The zero-order valence-corrected chi connectivity index (χ0v) is 14.2. The number of ether oxygens (including phenoxy) is 1. The van der Waals surface area contributed by atoms with Crippen molar-refractivity contribution in [2.24, 2.45) is 16.6 Å².